The number of hydrogen-bond donors (Lipinski definition) is 3. The number of alkyl halides is 3. The predicted molar refractivity (Wildman–Crippen MR) is 139 cm³/mol. The molecule has 2 aromatic heterocycles. The number of amides is 2. The second-order valence-electron chi connectivity index (χ2n) is 9.22. The fraction of sp³-hybridized carbons (Fsp3) is 0.304. The van der Waals surface area contributed by atoms with E-state index in [2.05, 4.69) is 20.7 Å². The van der Waals surface area contributed by atoms with Crippen LogP contribution in [-0.4, -0.2) is 48.3 Å². The molecule has 204 valence electrons. The summed E-state index contributed by atoms with van der Waals surface area (Å²) in [6.07, 6.45) is -2.36. The average molecular weight is 591 g/mol. The van der Waals surface area contributed by atoms with Gasteiger partial charge < -0.3 is 10.6 Å². The molecule has 15 heteroatoms. The summed E-state index contributed by atoms with van der Waals surface area (Å²) in [6, 6.07) is 6.10. The van der Waals surface area contributed by atoms with Crippen LogP contribution in [0.25, 0.3) is 5.82 Å². The molecule has 3 aromatic rings. The quantitative estimate of drug-likeness (QED) is 0.342. The van der Waals surface area contributed by atoms with E-state index in [-0.39, 0.29) is 32.9 Å². The first-order valence-electron chi connectivity index (χ1n) is 10.8. The van der Waals surface area contributed by atoms with E-state index >= 15 is 0 Å². The van der Waals surface area contributed by atoms with Crippen molar-refractivity contribution < 1.29 is 27.0 Å². The summed E-state index contributed by atoms with van der Waals surface area (Å²) < 4.78 is 60.8. The summed E-state index contributed by atoms with van der Waals surface area (Å²) in [5.74, 6) is -2.11. The Morgan fingerprint density at radius 3 is 2.39 bits per heavy atom. The van der Waals surface area contributed by atoms with Crippen molar-refractivity contribution in [2.24, 2.45) is 0 Å². The second-order valence-corrected chi connectivity index (χ2v) is 12.4. The Hall–Kier alpha value is -3.16. The van der Waals surface area contributed by atoms with Gasteiger partial charge in [0.25, 0.3) is 11.8 Å². The van der Waals surface area contributed by atoms with Crippen LogP contribution in [0.2, 0.25) is 10.0 Å². The van der Waals surface area contributed by atoms with Crippen molar-refractivity contribution in [1.29, 1.82) is 4.78 Å². The number of nitrogens with one attached hydrogen (secondary N) is 3. The van der Waals surface area contributed by atoms with Gasteiger partial charge in [-0.3, -0.25) is 18.6 Å². The molecule has 0 radical (unpaired) electrons. The third kappa shape index (κ3) is 7.03. The van der Waals surface area contributed by atoms with Crippen molar-refractivity contribution in [2.75, 3.05) is 17.3 Å². The lowest BCUT2D eigenvalue weighted by atomic mass is 10.0. The monoisotopic (exact) mass is 590 g/mol. The summed E-state index contributed by atoms with van der Waals surface area (Å²) in [5.41, 5.74) is -2.75. The van der Waals surface area contributed by atoms with Gasteiger partial charge in [-0.15, -0.1) is 0 Å². The summed E-state index contributed by atoms with van der Waals surface area (Å²) in [7, 11) is -2.96. The van der Waals surface area contributed by atoms with E-state index < -0.39 is 44.6 Å². The van der Waals surface area contributed by atoms with Crippen LogP contribution in [-0.2, 0) is 15.9 Å². The minimum absolute atomic E-state index is 0.0239. The molecular weight excluding hydrogens is 568 g/mol. The highest BCUT2D eigenvalue weighted by Crippen LogP contribution is 2.32. The van der Waals surface area contributed by atoms with E-state index in [0.29, 0.717) is 16.3 Å². The predicted octanol–water partition coefficient (Wildman–Crippen LogP) is 5.34. The lowest BCUT2D eigenvalue weighted by Crippen LogP contribution is -2.48. The molecule has 0 aliphatic rings. The maximum absolute atomic E-state index is 13.5. The molecule has 1 aromatic carbocycles. The van der Waals surface area contributed by atoms with Gasteiger partial charge in [-0.1, -0.05) is 23.2 Å². The van der Waals surface area contributed by atoms with Crippen molar-refractivity contribution in [3.05, 3.63) is 69.1 Å². The number of anilines is 1. The third-order valence-corrected chi connectivity index (χ3v) is 6.83. The lowest BCUT2D eigenvalue weighted by molar-refractivity contribution is -0.141. The zero-order valence-corrected chi connectivity index (χ0v) is 22.9. The molecule has 38 heavy (non-hydrogen) atoms. The molecule has 0 fully saturated rings. The van der Waals surface area contributed by atoms with Gasteiger partial charge in [-0.2, -0.15) is 18.3 Å². The average Bonchev–Trinajstić information content (AvgIpc) is 3.19. The van der Waals surface area contributed by atoms with Crippen molar-refractivity contribution in [3.63, 3.8) is 0 Å². The Labute approximate surface area is 226 Å². The van der Waals surface area contributed by atoms with Gasteiger partial charge in [0.05, 0.1) is 22.0 Å². The molecule has 9 nitrogen and oxygen atoms in total. The summed E-state index contributed by atoms with van der Waals surface area (Å²) >= 11 is 12.2. The third-order valence-electron chi connectivity index (χ3n) is 5.04. The highest BCUT2D eigenvalue weighted by atomic mass is 35.5. The molecule has 0 bridgehead atoms. The molecule has 0 aliphatic carbocycles. The minimum Gasteiger partial charge on any atom is -0.346 e. The number of hydrogen-bond acceptors (Lipinski definition) is 6. The van der Waals surface area contributed by atoms with Gasteiger partial charge in [0.15, 0.2) is 11.5 Å². The molecule has 0 saturated carbocycles. The first kappa shape index (κ1) is 29.4. The van der Waals surface area contributed by atoms with Crippen molar-refractivity contribution in [1.82, 2.24) is 20.1 Å². The number of carbonyl (C=O) groups excluding carboxylic acids is 2. The Morgan fingerprint density at radius 2 is 1.82 bits per heavy atom. The molecule has 1 atom stereocenters. The molecule has 3 rings (SSSR count). The highest BCUT2D eigenvalue weighted by molar-refractivity contribution is 7.91. The number of carbonyl (C=O) groups is 2. The van der Waals surface area contributed by atoms with E-state index in [1.165, 1.54) is 36.7 Å². The van der Waals surface area contributed by atoms with Gasteiger partial charge in [-0.05, 0) is 50.6 Å². The molecule has 0 spiro atoms. The summed E-state index contributed by atoms with van der Waals surface area (Å²) in [6.45, 7) is 4.69. The SMILES string of the molecule is Cc1cc(Cl)cc(C(=O)NC(C)(C)CS(C)(=N)=O)c1NC(=O)c1cc(C(F)(F)F)nn1-c1ncccc1Cl. The Kier molecular flexibility index (Phi) is 8.15. The number of halogens is 5. The lowest BCUT2D eigenvalue weighted by Gasteiger charge is -2.27. The maximum Gasteiger partial charge on any atom is 0.435 e. The highest BCUT2D eigenvalue weighted by Gasteiger charge is 2.37. The number of pyridine rings is 1. The fourth-order valence-electron chi connectivity index (χ4n) is 3.74. The van der Waals surface area contributed by atoms with Crippen LogP contribution in [0.3, 0.4) is 0 Å². The Balaban J connectivity index is 2.06. The zero-order chi connectivity index (χ0) is 28.6. The van der Waals surface area contributed by atoms with Gasteiger partial charge in [-0.25, -0.2) is 9.67 Å². The molecule has 0 saturated heterocycles. The number of nitrogens with zero attached hydrogens (tertiary/aromatic N) is 3. The first-order valence-corrected chi connectivity index (χ1v) is 13.7. The van der Waals surface area contributed by atoms with Crippen LogP contribution in [0.5, 0.6) is 0 Å². The summed E-state index contributed by atoms with van der Waals surface area (Å²) in [5, 5.41) is 8.74. The fourth-order valence-corrected chi connectivity index (χ4v) is 5.66. The zero-order valence-electron chi connectivity index (χ0n) is 20.5. The molecule has 0 aliphatic heterocycles. The van der Waals surface area contributed by atoms with E-state index in [4.69, 9.17) is 28.0 Å². The van der Waals surface area contributed by atoms with Gasteiger partial charge in [0.1, 0.15) is 5.69 Å². The number of aromatic nitrogens is 3. The van der Waals surface area contributed by atoms with Gasteiger partial charge in [0.2, 0.25) is 0 Å². The van der Waals surface area contributed by atoms with Crippen LogP contribution in [0.15, 0.2) is 36.5 Å². The van der Waals surface area contributed by atoms with E-state index in [9.17, 15) is 27.0 Å². The van der Waals surface area contributed by atoms with Gasteiger partial charge >= 0.3 is 6.18 Å². The van der Waals surface area contributed by atoms with Crippen molar-refractivity contribution in [2.45, 2.75) is 32.5 Å². The first-order chi connectivity index (χ1) is 17.4. The van der Waals surface area contributed by atoms with Crippen LogP contribution in [0, 0.1) is 11.7 Å². The number of aryl methyl sites for hydroxylation is 1. The second kappa shape index (κ2) is 10.5. The van der Waals surface area contributed by atoms with Gasteiger partial charge in [0, 0.05) is 38.8 Å². The Morgan fingerprint density at radius 1 is 1.16 bits per heavy atom. The van der Waals surface area contributed by atoms with E-state index in [1.807, 2.05) is 0 Å². The molecule has 2 heterocycles. The number of benzene rings is 1. The minimum atomic E-state index is -4.87. The van der Waals surface area contributed by atoms with Crippen LogP contribution in [0.1, 0.15) is 46.0 Å². The standard InChI is InChI=1S/C23H23Cl2F3N6O3S/c1-12-8-13(24)9-14(20(35)32-22(2,3)11-38(4,29)37)18(12)31-21(36)16-10-17(23(26,27)28)33-34(16)19-15(25)6-5-7-30-19/h5-10,29H,11H2,1-4H3,(H,31,36)(H,32,35). The normalized spacial score (nSPS) is 13.6. The maximum atomic E-state index is 13.5. The topological polar surface area (TPSA) is 130 Å². The molecule has 2 amide bonds. The van der Waals surface area contributed by atoms with E-state index in [1.54, 1.807) is 20.8 Å². The molecule has 3 N–H and O–H groups in total. The molecule has 1 unspecified atom stereocenters. The van der Waals surface area contributed by atoms with Crippen LogP contribution >= 0.6 is 23.2 Å². The smallest absolute Gasteiger partial charge is 0.346 e. The van der Waals surface area contributed by atoms with Crippen molar-refractivity contribution >= 4 is 50.4 Å². The van der Waals surface area contributed by atoms with Crippen molar-refractivity contribution in [3.8, 4) is 5.82 Å². The Bertz CT molecular complexity index is 1520. The van der Waals surface area contributed by atoms with E-state index in [0.717, 1.165) is 0 Å². The molecular formula is C23H23Cl2F3N6O3S. The summed E-state index contributed by atoms with van der Waals surface area (Å²) in [4.78, 5) is 30.4. The largest absolute Gasteiger partial charge is 0.435 e. The van der Waals surface area contributed by atoms with Crippen LogP contribution < -0.4 is 10.6 Å². The van der Waals surface area contributed by atoms with Crippen LogP contribution in [0.4, 0.5) is 18.9 Å². The number of rotatable bonds is 7.